The SMILES string of the molecule is C#C[Si]C(c1ccccc1)(c1ccccc1)c1ccccc1. The quantitative estimate of drug-likeness (QED) is 0.383. The summed E-state index contributed by atoms with van der Waals surface area (Å²) in [6.07, 6.45) is 5.79. The second kappa shape index (κ2) is 6.47. The van der Waals surface area contributed by atoms with Crippen molar-refractivity contribution in [2.75, 3.05) is 0 Å². The van der Waals surface area contributed by atoms with Gasteiger partial charge in [-0.3, -0.25) is 0 Å². The number of terminal acetylenes is 1. The van der Waals surface area contributed by atoms with Crippen molar-refractivity contribution in [2.45, 2.75) is 5.04 Å². The maximum Gasteiger partial charge on any atom is 0.169 e. The Labute approximate surface area is 134 Å². The summed E-state index contributed by atoms with van der Waals surface area (Å²) >= 11 is 0. The summed E-state index contributed by atoms with van der Waals surface area (Å²) in [7, 11) is 0.336. The second-order valence-corrected chi connectivity index (χ2v) is 6.41. The average molecular weight is 296 g/mol. The molecule has 0 nitrogen and oxygen atoms in total. The third kappa shape index (κ3) is 2.50. The molecule has 0 heterocycles. The van der Waals surface area contributed by atoms with Gasteiger partial charge in [0.2, 0.25) is 0 Å². The normalized spacial score (nSPS) is 10.9. The molecule has 3 rings (SSSR count). The zero-order chi connectivity index (χ0) is 15.3. The molecular weight excluding hydrogens is 280 g/mol. The fourth-order valence-corrected chi connectivity index (χ4v) is 4.04. The molecule has 3 aromatic carbocycles. The molecule has 0 aliphatic rings. The summed E-state index contributed by atoms with van der Waals surface area (Å²) in [4.78, 5) is 0. The molecule has 0 aromatic heterocycles. The van der Waals surface area contributed by atoms with Crippen LogP contribution in [0.5, 0.6) is 0 Å². The van der Waals surface area contributed by atoms with Gasteiger partial charge in [-0.1, -0.05) is 91.0 Å². The van der Waals surface area contributed by atoms with E-state index in [0.717, 1.165) is 0 Å². The zero-order valence-electron chi connectivity index (χ0n) is 12.2. The fraction of sp³-hybridized carbons (Fsp3) is 0.0476. The van der Waals surface area contributed by atoms with Crippen molar-refractivity contribution in [1.82, 2.24) is 0 Å². The first-order valence-electron chi connectivity index (χ1n) is 7.27. The Bertz CT molecular complexity index is 659. The van der Waals surface area contributed by atoms with Gasteiger partial charge in [0.15, 0.2) is 9.52 Å². The van der Waals surface area contributed by atoms with Crippen molar-refractivity contribution in [3.63, 3.8) is 0 Å². The topological polar surface area (TPSA) is 0 Å². The van der Waals surface area contributed by atoms with Crippen LogP contribution in [0.2, 0.25) is 0 Å². The van der Waals surface area contributed by atoms with E-state index in [0.29, 0.717) is 9.52 Å². The summed E-state index contributed by atoms with van der Waals surface area (Å²) in [6, 6.07) is 31.6. The van der Waals surface area contributed by atoms with Crippen molar-refractivity contribution in [3.05, 3.63) is 108 Å². The first kappa shape index (κ1) is 14.4. The average Bonchev–Trinajstić information content (AvgIpc) is 2.62. The molecule has 0 unspecified atom stereocenters. The van der Waals surface area contributed by atoms with Gasteiger partial charge in [0, 0.05) is 5.04 Å². The maximum atomic E-state index is 5.79. The van der Waals surface area contributed by atoms with E-state index in [-0.39, 0.29) is 5.04 Å². The molecule has 104 valence electrons. The second-order valence-electron chi connectivity index (χ2n) is 5.12. The van der Waals surface area contributed by atoms with Crippen LogP contribution in [0.15, 0.2) is 91.0 Å². The summed E-state index contributed by atoms with van der Waals surface area (Å²) in [5.41, 5.74) is 6.65. The number of benzene rings is 3. The van der Waals surface area contributed by atoms with Crippen molar-refractivity contribution in [3.8, 4) is 12.0 Å². The number of rotatable bonds is 4. The van der Waals surface area contributed by atoms with Gasteiger partial charge in [0.25, 0.3) is 0 Å². The van der Waals surface area contributed by atoms with Crippen molar-refractivity contribution < 1.29 is 0 Å². The lowest BCUT2D eigenvalue weighted by Gasteiger charge is -2.33. The van der Waals surface area contributed by atoms with Crippen LogP contribution >= 0.6 is 0 Å². The fourth-order valence-electron chi connectivity index (χ4n) is 2.89. The highest BCUT2D eigenvalue weighted by atomic mass is 28.2. The standard InChI is InChI=1S/C21H16Si/c1-2-22-21(18-12-6-3-7-13-18,19-14-8-4-9-15-19)20-16-10-5-11-17-20/h1,3-17H. The Hall–Kier alpha value is -2.56. The minimum Gasteiger partial charge on any atom is -0.137 e. The first-order chi connectivity index (χ1) is 10.9. The molecule has 3 aromatic rings. The first-order valence-corrected chi connectivity index (χ1v) is 8.27. The molecule has 0 N–H and O–H groups in total. The molecule has 0 atom stereocenters. The van der Waals surface area contributed by atoms with E-state index in [9.17, 15) is 0 Å². The Morgan fingerprint density at radius 2 is 0.909 bits per heavy atom. The molecule has 0 saturated carbocycles. The Balaban J connectivity index is 2.32. The van der Waals surface area contributed by atoms with Crippen molar-refractivity contribution in [1.29, 1.82) is 0 Å². The van der Waals surface area contributed by atoms with E-state index >= 15 is 0 Å². The molecule has 0 spiro atoms. The van der Waals surface area contributed by atoms with Gasteiger partial charge in [0.05, 0.1) is 0 Å². The molecule has 0 amide bonds. The summed E-state index contributed by atoms with van der Waals surface area (Å²) < 4.78 is 0. The lowest BCUT2D eigenvalue weighted by Crippen LogP contribution is -2.35. The van der Waals surface area contributed by atoms with Gasteiger partial charge in [-0.15, -0.1) is 12.0 Å². The minimum atomic E-state index is -0.279. The Kier molecular flexibility index (Phi) is 4.23. The van der Waals surface area contributed by atoms with Crippen LogP contribution < -0.4 is 0 Å². The van der Waals surface area contributed by atoms with E-state index in [2.05, 4.69) is 78.3 Å². The van der Waals surface area contributed by atoms with Gasteiger partial charge >= 0.3 is 0 Å². The predicted molar refractivity (Wildman–Crippen MR) is 93.8 cm³/mol. The van der Waals surface area contributed by atoms with Crippen molar-refractivity contribution >= 4 is 9.52 Å². The highest BCUT2D eigenvalue weighted by Crippen LogP contribution is 2.37. The van der Waals surface area contributed by atoms with Gasteiger partial charge < -0.3 is 0 Å². The third-order valence-electron chi connectivity index (χ3n) is 3.88. The van der Waals surface area contributed by atoms with Gasteiger partial charge in [-0.25, -0.2) is 0 Å². The molecular formula is C21H16Si. The van der Waals surface area contributed by atoms with Crippen LogP contribution in [0, 0.1) is 12.0 Å². The molecule has 0 aliphatic heterocycles. The molecule has 2 radical (unpaired) electrons. The molecule has 0 bridgehead atoms. The van der Waals surface area contributed by atoms with Crippen LogP contribution in [0.1, 0.15) is 16.7 Å². The smallest absolute Gasteiger partial charge is 0.137 e. The van der Waals surface area contributed by atoms with E-state index in [1.165, 1.54) is 16.7 Å². The van der Waals surface area contributed by atoms with Crippen LogP contribution in [0.3, 0.4) is 0 Å². The molecule has 0 aliphatic carbocycles. The molecule has 1 heteroatoms. The minimum absolute atomic E-state index is 0.279. The summed E-state index contributed by atoms with van der Waals surface area (Å²) in [6.45, 7) is 0. The highest BCUT2D eigenvalue weighted by Gasteiger charge is 2.36. The van der Waals surface area contributed by atoms with Crippen LogP contribution in [0.25, 0.3) is 0 Å². The summed E-state index contributed by atoms with van der Waals surface area (Å²) in [5, 5.41) is -0.279. The predicted octanol–water partition coefficient (Wildman–Crippen LogP) is 4.27. The van der Waals surface area contributed by atoms with Crippen LogP contribution in [-0.4, -0.2) is 9.52 Å². The van der Waals surface area contributed by atoms with Crippen LogP contribution in [0.4, 0.5) is 0 Å². The van der Waals surface area contributed by atoms with E-state index in [4.69, 9.17) is 6.42 Å². The zero-order valence-corrected chi connectivity index (χ0v) is 13.2. The van der Waals surface area contributed by atoms with Gasteiger partial charge in [-0.2, -0.15) is 0 Å². The largest absolute Gasteiger partial charge is 0.169 e. The number of hydrogen-bond acceptors (Lipinski definition) is 0. The molecule has 0 saturated heterocycles. The number of hydrogen-bond donors (Lipinski definition) is 0. The Morgan fingerprint density at radius 3 is 1.18 bits per heavy atom. The lowest BCUT2D eigenvalue weighted by atomic mass is 9.84. The third-order valence-corrected chi connectivity index (χ3v) is 5.27. The lowest BCUT2D eigenvalue weighted by molar-refractivity contribution is 0.870. The van der Waals surface area contributed by atoms with Crippen LogP contribution in [-0.2, 0) is 5.04 Å². The molecule has 0 fully saturated rings. The van der Waals surface area contributed by atoms with Gasteiger partial charge in [-0.05, 0) is 16.7 Å². The maximum absolute atomic E-state index is 5.79. The van der Waals surface area contributed by atoms with E-state index < -0.39 is 0 Å². The Morgan fingerprint density at radius 1 is 0.591 bits per heavy atom. The van der Waals surface area contributed by atoms with E-state index in [1.54, 1.807) is 0 Å². The summed E-state index contributed by atoms with van der Waals surface area (Å²) in [5.74, 6) is 0. The van der Waals surface area contributed by atoms with Crippen molar-refractivity contribution in [2.24, 2.45) is 0 Å². The highest BCUT2D eigenvalue weighted by molar-refractivity contribution is 6.52. The van der Waals surface area contributed by atoms with Gasteiger partial charge in [0.1, 0.15) is 0 Å². The molecule has 22 heavy (non-hydrogen) atoms. The van der Waals surface area contributed by atoms with E-state index in [1.807, 2.05) is 18.2 Å². The monoisotopic (exact) mass is 296 g/mol.